The van der Waals surface area contributed by atoms with Gasteiger partial charge in [0.25, 0.3) is 0 Å². The van der Waals surface area contributed by atoms with Crippen molar-refractivity contribution in [2.45, 2.75) is 31.5 Å². The maximum Gasteiger partial charge on any atom is 0.174 e. The second-order valence-corrected chi connectivity index (χ2v) is 10.9. The first-order chi connectivity index (χ1) is 23.4. The number of phenols is 1. The molecular weight excluding hydrogens is 608 g/mol. The van der Waals surface area contributed by atoms with Gasteiger partial charge in [0.1, 0.15) is 6.61 Å². The van der Waals surface area contributed by atoms with Gasteiger partial charge in [-0.3, -0.25) is 0 Å². The molecule has 0 aromatic heterocycles. The van der Waals surface area contributed by atoms with E-state index in [0.29, 0.717) is 59.3 Å². The molecule has 2 unspecified atom stereocenters. The summed E-state index contributed by atoms with van der Waals surface area (Å²) in [4.78, 5) is 0. The second kappa shape index (κ2) is 17.4. The first kappa shape index (κ1) is 35.4. The molecule has 4 rings (SSSR count). The molecule has 8 nitrogen and oxygen atoms in total. The maximum atomic E-state index is 10.5. The number of hydrogen-bond acceptors (Lipinski definition) is 8. The number of rotatable bonds is 19. The summed E-state index contributed by atoms with van der Waals surface area (Å²) in [6, 6.07) is 22.2. The third-order valence-electron chi connectivity index (χ3n) is 7.63. The Morgan fingerprint density at radius 3 is 1.48 bits per heavy atom. The van der Waals surface area contributed by atoms with Crippen LogP contribution in [0.5, 0.6) is 46.0 Å². The van der Waals surface area contributed by atoms with E-state index in [1.807, 2.05) is 72.8 Å². The zero-order chi connectivity index (χ0) is 34.5. The predicted molar refractivity (Wildman–Crippen MR) is 189 cm³/mol. The zero-order valence-corrected chi connectivity index (χ0v) is 28.1. The van der Waals surface area contributed by atoms with E-state index in [-0.39, 0.29) is 18.1 Å². The van der Waals surface area contributed by atoms with E-state index in [4.69, 9.17) is 33.2 Å². The van der Waals surface area contributed by atoms with Gasteiger partial charge in [-0.25, -0.2) is 0 Å². The lowest BCUT2D eigenvalue weighted by molar-refractivity contribution is 0.0183. The monoisotopic (exact) mass is 652 g/mol. The van der Waals surface area contributed by atoms with E-state index < -0.39 is 12.2 Å². The third-order valence-corrected chi connectivity index (χ3v) is 7.63. The quantitative estimate of drug-likeness (QED) is 0.101. The van der Waals surface area contributed by atoms with Crippen molar-refractivity contribution in [2.75, 3.05) is 35.0 Å². The molecule has 1 N–H and O–H groups in total. The summed E-state index contributed by atoms with van der Waals surface area (Å²) in [5.74, 6) is 3.41. The normalized spacial score (nSPS) is 11.8. The summed E-state index contributed by atoms with van der Waals surface area (Å²) >= 11 is 0. The van der Waals surface area contributed by atoms with Crippen molar-refractivity contribution in [1.82, 2.24) is 0 Å². The Bertz CT molecular complexity index is 1700. The molecule has 252 valence electrons. The summed E-state index contributed by atoms with van der Waals surface area (Å²) < 4.78 is 42.6. The Morgan fingerprint density at radius 2 is 1.00 bits per heavy atom. The first-order valence-corrected chi connectivity index (χ1v) is 15.5. The molecule has 4 aromatic carbocycles. The average molecular weight is 653 g/mol. The smallest absolute Gasteiger partial charge is 0.174 e. The molecule has 0 bridgehead atoms. The topological polar surface area (TPSA) is 84.8 Å². The fourth-order valence-electron chi connectivity index (χ4n) is 5.22. The lowest BCUT2D eigenvalue weighted by atomic mass is 10.0. The van der Waals surface area contributed by atoms with Crippen LogP contribution in [0, 0.1) is 0 Å². The van der Waals surface area contributed by atoms with Crippen LogP contribution in [0.25, 0.3) is 0 Å². The minimum atomic E-state index is -0.803. The first-order valence-electron chi connectivity index (χ1n) is 15.5. The molecule has 0 fully saturated rings. The number of ether oxygens (including phenoxy) is 7. The van der Waals surface area contributed by atoms with Crippen LogP contribution < -0.4 is 33.2 Å². The molecule has 4 aromatic rings. The van der Waals surface area contributed by atoms with Gasteiger partial charge >= 0.3 is 0 Å². The summed E-state index contributed by atoms with van der Waals surface area (Å²) in [6.45, 7) is 11.6. The molecule has 8 heteroatoms. The molecule has 0 aliphatic carbocycles. The van der Waals surface area contributed by atoms with Crippen molar-refractivity contribution in [1.29, 1.82) is 0 Å². The molecule has 0 saturated carbocycles. The van der Waals surface area contributed by atoms with Crippen LogP contribution >= 0.6 is 0 Å². The fraction of sp³-hybridized carbons (Fsp3) is 0.250. The van der Waals surface area contributed by atoms with E-state index in [1.54, 1.807) is 39.5 Å². The third kappa shape index (κ3) is 8.85. The number of allylic oxidation sites excluding steroid dienone is 3. The molecule has 0 saturated heterocycles. The Kier molecular flexibility index (Phi) is 12.8. The van der Waals surface area contributed by atoms with E-state index in [9.17, 15) is 5.11 Å². The van der Waals surface area contributed by atoms with Crippen LogP contribution in [0.4, 0.5) is 0 Å². The van der Waals surface area contributed by atoms with Gasteiger partial charge in [-0.15, -0.1) is 19.7 Å². The molecule has 0 heterocycles. The van der Waals surface area contributed by atoms with E-state index >= 15 is 0 Å². The number of methoxy groups -OCH3 is 4. The minimum absolute atomic E-state index is 0.0103. The van der Waals surface area contributed by atoms with Crippen LogP contribution in [-0.2, 0) is 19.3 Å². The van der Waals surface area contributed by atoms with Crippen molar-refractivity contribution in [3.8, 4) is 46.0 Å². The largest absolute Gasteiger partial charge is 0.504 e. The van der Waals surface area contributed by atoms with Crippen LogP contribution in [-0.4, -0.2) is 46.3 Å². The molecule has 0 spiro atoms. The van der Waals surface area contributed by atoms with Gasteiger partial charge in [-0.2, -0.15) is 0 Å². The van der Waals surface area contributed by atoms with E-state index in [0.717, 1.165) is 16.7 Å². The summed E-state index contributed by atoms with van der Waals surface area (Å²) in [7, 11) is 6.27. The van der Waals surface area contributed by atoms with Crippen LogP contribution in [0.3, 0.4) is 0 Å². The summed E-state index contributed by atoms with van der Waals surface area (Å²) in [5.41, 5.74) is 3.73. The lowest BCUT2D eigenvalue weighted by Gasteiger charge is -2.30. The number of hydrogen-bond donors (Lipinski definition) is 1. The SMILES string of the molecule is C=CCc1ccc(OCC(Oc2ccc(CC=C)cc2OC)C(Oc2ccc(CC=C)cc2OC)c2ccc(O)c(OC)c2)c(OC)c1. The fourth-order valence-corrected chi connectivity index (χ4v) is 5.22. The molecule has 48 heavy (non-hydrogen) atoms. The number of phenolic OH excluding ortho intramolecular Hbond substituents is 1. The van der Waals surface area contributed by atoms with Gasteiger partial charge in [0.2, 0.25) is 0 Å². The highest BCUT2D eigenvalue weighted by molar-refractivity contribution is 5.48. The Hall–Kier alpha value is -5.50. The second-order valence-electron chi connectivity index (χ2n) is 10.9. The van der Waals surface area contributed by atoms with Gasteiger partial charge in [0, 0.05) is 5.56 Å². The standard InChI is InChI=1S/C40H44O8/c1-8-11-27-14-19-32(36(22-27)43-5)46-26-39(47-33-20-15-28(12-9-2)23-37(33)44-6)40(30-17-18-31(41)35(25-30)42-4)48-34-21-16-29(13-10-3)24-38(34)45-7/h8-10,14-25,39-41H,1-3,11-13,26H2,4-7H3. The molecule has 0 radical (unpaired) electrons. The predicted octanol–water partition coefficient (Wildman–Crippen LogP) is 8.26. The zero-order valence-electron chi connectivity index (χ0n) is 28.1. The van der Waals surface area contributed by atoms with Crippen molar-refractivity contribution in [3.63, 3.8) is 0 Å². The summed E-state index contributed by atoms with van der Waals surface area (Å²) in [5, 5.41) is 10.5. The van der Waals surface area contributed by atoms with Crippen LogP contribution in [0.1, 0.15) is 28.4 Å². The highest BCUT2D eigenvalue weighted by Crippen LogP contribution is 2.39. The van der Waals surface area contributed by atoms with Gasteiger partial charge < -0.3 is 38.3 Å². The van der Waals surface area contributed by atoms with Gasteiger partial charge in [0.05, 0.1) is 28.4 Å². The van der Waals surface area contributed by atoms with Crippen LogP contribution in [0.2, 0.25) is 0 Å². The van der Waals surface area contributed by atoms with Gasteiger partial charge in [0.15, 0.2) is 58.2 Å². The maximum absolute atomic E-state index is 10.5. The van der Waals surface area contributed by atoms with E-state index in [2.05, 4.69) is 19.7 Å². The summed E-state index contributed by atoms with van der Waals surface area (Å²) in [6.07, 6.45) is 5.93. The Morgan fingerprint density at radius 1 is 0.542 bits per heavy atom. The van der Waals surface area contributed by atoms with Crippen molar-refractivity contribution in [3.05, 3.63) is 133 Å². The molecule has 0 amide bonds. The highest BCUT2D eigenvalue weighted by atomic mass is 16.6. The van der Waals surface area contributed by atoms with Crippen molar-refractivity contribution < 1.29 is 38.3 Å². The van der Waals surface area contributed by atoms with Gasteiger partial charge in [-0.05, 0) is 84.5 Å². The molecule has 0 aliphatic heterocycles. The number of aromatic hydroxyl groups is 1. The molecule has 0 aliphatic rings. The van der Waals surface area contributed by atoms with Crippen molar-refractivity contribution in [2.24, 2.45) is 0 Å². The Labute approximate surface area is 283 Å². The van der Waals surface area contributed by atoms with E-state index in [1.165, 1.54) is 7.11 Å². The molecular formula is C40H44O8. The lowest BCUT2D eigenvalue weighted by Crippen LogP contribution is -2.35. The molecule has 2 atom stereocenters. The highest BCUT2D eigenvalue weighted by Gasteiger charge is 2.31. The van der Waals surface area contributed by atoms with Gasteiger partial charge in [-0.1, -0.05) is 42.5 Å². The van der Waals surface area contributed by atoms with Crippen molar-refractivity contribution >= 4 is 0 Å². The average Bonchev–Trinajstić information content (AvgIpc) is 3.11. The van der Waals surface area contributed by atoms with Crippen LogP contribution in [0.15, 0.2) is 111 Å². The minimum Gasteiger partial charge on any atom is -0.504 e. The Balaban J connectivity index is 1.83. The number of benzene rings is 4.